The lowest BCUT2D eigenvalue weighted by Crippen LogP contribution is -2.40. The molecule has 0 aromatic carbocycles. The third kappa shape index (κ3) is 1.91. The topological polar surface area (TPSA) is 52.6 Å². The second-order valence-corrected chi connectivity index (χ2v) is 4.31. The summed E-state index contributed by atoms with van der Waals surface area (Å²) in [7, 11) is 0. The third-order valence-corrected chi connectivity index (χ3v) is 3.39. The van der Waals surface area contributed by atoms with Crippen LogP contribution < -0.4 is 5.32 Å². The quantitative estimate of drug-likeness (QED) is 0.653. The molecule has 1 saturated carbocycles. The first kappa shape index (κ1) is 9.93. The molecule has 1 aliphatic heterocycles. The van der Waals surface area contributed by atoms with Crippen molar-refractivity contribution in [2.75, 3.05) is 19.8 Å². The van der Waals surface area contributed by atoms with Gasteiger partial charge in [-0.15, -0.1) is 0 Å². The SMILES string of the molecule is O=C1CNCN1C1CCC(CO)CC1. The normalized spacial score (nSPS) is 33.8. The van der Waals surface area contributed by atoms with Gasteiger partial charge >= 0.3 is 0 Å². The number of aliphatic hydroxyl groups is 1. The van der Waals surface area contributed by atoms with Crippen LogP contribution in [0.4, 0.5) is 0 Å². The van der Waals surface area contributed by atoms with Gasteiger partial charge in [0.1, 0.15) is 0 Å². The Morgan fingerprint density at radius 2 is 2.07 bits per heavy atom. The summed E-state index contributed by atoms with van der Waals surface area (Å²) in [5.74, 6) is 0.703. The van der Waals surface area contributed by atoms with Gasteiger partial charge < -0.3 is 10.0 Å². The summed E-state index contributed by atoms with van der Waals surface area (Å²) in [5, 5.41) is 12.1. The number of rotatable bonds is 2. The molecule has 0 aromatic rings. The molecule has 4 heteroatoms. The van der Waals surface area contributed by atoms with Gasteiger partial charge in [-0.2, -0.15) is 0 Å². The maximum atomic E-state index is 11.4. The van der Waals surface area contributed by atoms with Gasteiger partial charge in [0.2, 0.25) is 5.91 Å². The Kier molecular flexibility index (Phi) is 3.03. The van der Waals surface area contributed by atoms with E-state index in [1.807, 2.05) is 4.90 Å². The van der Waals surface area contributed by atoms with Crippen molar-refractivity contribution in [1.29, 1.82) is 0 Å². The molecule has 2 aliphatic rings. The zero-order valence-corrected chi connectivity index (χ0v) is 8.41. The summed E-state index contributed by atoms with van der Waals surface area (Å²) in [6.45, 7) is 1.52. The highest BCUT2D eigenvalue weighted by atomic mass is 16.3. The highest BCUT2D eigenvalue weighted by Crippen LogP contribution is 2.27. The fourth-order valence-corrected chi connectivity index (χ4v) is 2.44. The minimum absolute atomic E-state index is 0.234. The minimum Gasteiger partial charge on any atom is -0.396 e. The van der Waals surface area contributed by atoms with Crippen molar-refractivity contribution in [2.24, 2.45) is 5.92 Å². The number of hydrogen-bond donors (Lipinski definition) is 2. The summed E-state index contributed by atoms with van der Waals surface area (Å²) >= 11 is 0. The zero-order valence-electron chi connectivity index (χ0n) is 8.41. The number of nitrogens with one attached hydrogen (secondary N) is 1. The lowest BCUT2D eigenvalue weighted by Gasteiger charge is -2.33. The molecular formula is C10H18N2O2. The van der Waals surface area contributed by atoms with Crippen LogP contribution in [0.15, 0.2) is 0 Å². The predicted octanol–water partition coefficient (Wildman–Crippen LogP) is -0.0732. The molecule has 4 nitrogen and oxygen atoms in total. The fourth-order valence-electron chi connectivity index (χ4n) is 2.44. The molecule has 0 radical (unpaired) electrons. The van der Waals surface area contributed by atoms with Crippen molar-refractivity contribution in [1.82, 2.24) is 10.2 Å². The van der Waals surface area contributed by atoms with Crippen LogP contribution in [0.25, 0.3) is 0 Å². The van der Waals surface area contributed by atoms with Crippen LogP contribution in [-0.2, 0) is 4.79 Å². The summed E-state index contributed by atoms with van der Waals surface area (Å²) in [6.07, 6.45) is 4.23. The molecular weight excluding hydrogens is 180 g/mol. The lowest BCUT2D eigenvalue weighted by molar-refractivity contribution is -0.129. The number of carbonyl (C=O) groups excluding carboxylic acids is 1. The summed E-state index contributed by atoms with van der Waals surface area (Å²) in [4.78, 5) is 13.4. The maximum absolute atomic E-state index is 11.4. The van der Waals surface area contributed by atoms with Crippen molar-refractivity contribution in [3.05, 3.63) is 0 Å². The van der Waals surface area contributed by atoms with Crippen LogP contribution in [0.5, 0.6) is 0 Å². The second kappa shape index (κ2) is 4.28. The lowest BCUT2D eigenvalue weighted by atomic mass is 9.86. The first-order valence-electron chi connectivity index (χ1n) is 5.42. The van der Waals surface area contributed by atoms with E-state index in [-0.39, 0.29) is 5.91 Å². The standard InChI is InChI=1S/C10H18N2O2/c13-6-8-1-3-9(4-2-8)12-7-11-5-10(12)14/h8-9,11,13H,1-7H2. The van der Waals surface area contributed by atoms with Crippen LogP contribution >= 0.6 is 0 Å². The molecule has 1 heterocycles. The van der Waals surface area contributed by atoms with Crippen molar-refractivity contribution in [2.45, 2.75) is 31.7 Å². The van der Waals surface area contributed by atoms with Gasteiger partial charge in [-0.3, -0.25) is 10.1 Å². The maximum Gasteiger partial charge on any atom is 0.237 e. The Balaban J connectivity index is 1.85. The Hall–Kier alpha value is -0.610. The van der Waals surface area contributed by atoms with Crippen LogP contribution in [-0.4, -0.2) is 41.8 Å². The van der Waals surface area contributed by atoms with Crippen LogP contribution in [0.1, 0.15) is 25.7 Å². The monoisotopic (exact) mass is 198 g/mol. The second-order valence-electron chi connectivity index (χ2n) is 4.31. The van der Waals surface area contributed by atoms with E-state index in [9.17, 15) is 4.79 Å². The number of amides is 1. The van der Waals surface area contributed by atoms with Crippen molar-refractivity contribution < 1.29 is 9.90 Å². The van der Waals surface area contributed by atoms with E-state index < -0.39 is 0 Å². The molecule has 0 aromatic heterocycles. The van der Waals surface area contributed by atoms with E-state index >= 15 is 0 Å². The Morgan fingerprint density at radius 1 is 1.36 bits per heavy atom. The van der Waals surface area contributed by atoms with Gasteiger partial charge in [0.05, 0.1) is 13.2 Å². The van der Waals surface area contributed by atoms with Gasteiger partial charge in [0, 0.05) is 12.6 Å². The summed E-state index contributed by atoms with van der Waals surface area (Å²) in [6, 6.07) is 0.417. The Bertz CT molecular complexity index is 212. The summed E-state index contributed by atoms with van der Waals surface area (Å²) < 4.78 is 0. The first-order chi connectivity index (χ1) is 6.81. The highest BCUT2D eigenvalue weighted by Gasteiger charge is 2.30. The van der Waals surface area contributed by atoms with Crippen molar-refractivity contribution >= 4 is 5.91 Å². The molecule has 14 heavy (non-hydrogen) atoms. The predicted molar refractivity (Wildman–Crippen MR) is 52.5 cm³/mol. The molecule has 2 N–H and O–H groups in total. The first-order valence-corrected chi connectivity index (χ1v) is 5.42. The van der Waals surface area contributed by atoms with E-state index in [1.54, 1.807) is 0 Å². The van der Waals surface area contributed by atoms with Gasteiger partial charge in [-0.1, -0.05) is 0 Å². The molecule has 0 unspecified atom stereocenters. The van der Waals surface area contributed by atoms with E-state index in [0.717, 1.165) is 25.7 Å². The average Bonchev–Trinajstić information content (AvgIpc) is 2.65. The van der Waals surface area contributed by atoms with Gasteiger partial charge in [-0.05, 0) is 31.6 Å². The van der Waals surface area contributed by atoms with E-state index in [4.69, 9.17) is 5.11 Å². The molecule has 1 amide bonds. The number of hydrogen-bond acceptors (Lipinski definition) is 3. The Labute approximate surface area is 84.3 Å². The smallest absolute Gasteiger partial charge is 0.237 e. The van der Waals surface area contributed by atoms with Crippen LogP contribution in [0, 0.1) is 5.92 Å². The largest absolute Gasteiger partial charge is 0.396 e. The average molecular weight is 198 g/mol. The van der Waals surface area contributed by atoms with Gasteiger partial charge in [-0.25, -0.2) is 0 Å². The molecule has 80 valence electrons. The molecule has 1 aliphatic carbocycles. The number of nitrogens with zero attached hydrogens (tertiary/aromatic N) is 1. The zero-order chi connectivity index (χ0) is 9.97. The molecule has 0 atom stereocenters. The van der Waals surface area contributed by atoms with Crippen molar-refractivity contribution in [3.63, 3.8) is 0 Å². The van der Waals surface area contributed by atoms with Gasteiger partial charge in [0.25, 0.3) is 0 Å². The minimum atomic E-state index is 0.234. The van der Waals surface area contributed by atoms with E-state index in [2.05, 4.69) is 5.32 Å². The molecule has 0 spiro atoms. The molecule has 2 rings (SSSR count). The molecule has 2 fully saturated rings. The van der Waals surface area contributed by atoms with E-state index in [1.165, 1.54) is 0 Å². The molecule has 0 bridgehead atoms. The third-order valence-electron chi connectivity index (χ3n) is 3.39. The Morgan fingerprint density at radius 3 is 2.57 bits per heavy atom. The molecule has 1 saturated heterocycles. The van der Waals surface area contributed by atoms with E-state index in [0.29, 0.717) is 31.8 Å². The van der Waals surface area contributed by atoms with Gasteiger partial charge in [0.15, 0.2) is 0 Å². The van der Waals surface area contributed by atoms with Crippen LogP contribution in [0.3, 0.4) is 0 Å². The summed E-state index contributed by atoms with van der Waals surface area (Å²) in [5.41, 5.74) is 0. The fraction of sp³-hybridized carbons (Fsp3) is 0.900. The van der Waals surface area contributed by atoms with Crippen molar-refractivity contribution in [3.8, 4) is 0 Å². The van der Waals surface area contributed by atoms with Crippen LogP contribution in [0.2, 0.25) is 0 Å². The number of carbonyl (C=O) groups is 1. The number of aliphatic hydroxyl groups excluding tert-OH is 1. The highest BCUT2D eigenvalue weighted by molar-refractivity contribution is 5.80.